The molecule has 5 rings (SSSR count). The van der Waals surface area contributed by atoms with Gasteiger partial charge in [0, 0.05) is 24.8 Å². The van der Waals surface area contributed by atoms with E-state index < -0.39 is 0 Å². The normalized spacial score (nSPS) is 14.5. The SMILES string of the molecule is COc1ccc2cc(CC3CCN(c4ccc(-n5c(C)nc(C)cc5=O)cc4Cl)CC3)ccc2c1. The minimum absolute atomic E-state index is 0.0903. The Morgan fingerprint density at radius 1 is 0.971 bits per heavy atom. The van der Waals surface area contributed by atoms with Gasteiger partial charge >= 0.3 is 0 Å². The van der Waals surface area contributed by atoms with Crippen LogP contribution in [0.3, 0.4) is 0 Å². The molecule has 0 bridgehead atoms. The summed E-state index contributed by atoms with van der Waals surface area (Å²) in [7, 11) is 1.70. The van der Waals surface area contributed by atoms with E-state index in [2.05, 4.69) is 40.2 Å². The zero-order chi connectivity index (χ0) is 24.5. The van der Waals surface area contributed by atoms with E-state index >= 15 is 0 Å². The van der Waals surface area contributed by atoms with Gasteiger partial charge in [-0.15, -0.1) is 0 Å². The first-order valence-electron chi connectivity index (χ1n) is 12.1. The molecule has 6 heteroatoms. The van der Waals surface area contributed by atoms with Crippen molar-refractivity contribution in [3.8, 4) is 11.4 Å². The van der Waals surface area contributed by atoms with Gasteiger partial charge in [0.15, 0.2) is 0 Å². The summed E-state index contributed by atoms with van der Waals surface area (Å²) in [5.74, 6) is 2.20. The number of methoxy groups -OCH3 is 1. The molecule has 1 saturated heterocycles. The molecule has 0 amide bonds. The van der Waals surface area contributed by atoms with E-state index in [1.54, 1.807) is 17.7 Å². The van der Waals surface area contributed by atoms with E-state index in [-0.39, 0.29) is 5.56 Å². The molecule has 0 atom stereocenters. The Kier molecular flexibility index (Phi) is 6.52. The largest absolute Gasteiger partial charge is 0.497 e. The molecular formula is C29H30ClN3O2. The molecule has 35 heavy (non-hydrogen) atoms. The summed E-state index contributed by atoms with van der Waals surface area (Å²) < 4.78 is 6.95. The van der Waals surface area contributed by atoms with Gasteiger partial charge in [0.2, 0.25) is 0 Å². The minimum atomic E-state index is -0.0903. The summed E-state index contributed by atoms with van der Waals surface area (Å²) >= 11 is 6.71. The Morgan fingerprint density at radius 3 is 2.43 bits per heavy atom. The van der Waals surface area contributed by atoms with E-state index in [9.17, 15) is 4.79 Å². The van der Waals surface area contributed by atoms with Crippen molar-refractivity contribution in [3.63, 3.8) is 0 Å². The molecule has 0 aliphatic carbocycles. The second-order valence-corrected chi connectivity index (χ2v) is 9.84. The van der Waals surface area contributed by atoms with Crippen LogP contribution in [-0.4, -0.2) is 29.8 Å². The molecule has 180 valence electrons. The lowest BCUT2D eigenvalue weighted by molar-refractivity contribution is 0.404. The molecule has 1 aliphatic heterocycles. The van der Waals surface area contributed by atoms with Crippen molar-refractivity contribution in [1.29, 1.82) is 0 Å². The van der Waals surface area contributed by atoms with Crippen LogP contribution < -0.4 is 15.2 Å². The fourth-order valence-electron chi connectivity index (χ4n) is 5.18. The van der Waals surface area contributed by atoms with Crippen molar-refractivity contribution in [2.75, 3.05) is 25.1 Å². The van der Waals surface area contributed by atoms with Gasteiger partial charge in [0.1, 0.15) is 11.6 Å². The summed E-state index contributed by atoms with van der Waals surface area (Å²) in [6.45, 7) is 5.61. The van der Waals surface area contributed by atoms with Gasteiger partial charge in [-0.1, -0.05) is 35.9 Å². The quantitative estimate of drug-likeness (QED) is 0.340. The molecule has 0 unspecified atom stereocenters. The fourth-order valence-corrected chi connectivity index (χ4v) is 5.48. The maximum absolute atomic E-state index is 12.5. The van der Waals surface area contributed by atoms with Gasteiger partial charge in [-0.25, -0.2) is 4.98 Å². The lowest BCUT2D eigenvalue weighted by atomic mass is 9.89. The van der Waals surface area contributed by atoms with Gasteiger partial charge in [-0.05, 0) is 85.7 Å². The van der Waals surface area contributed by atoms with Crippen molar-refractivity contribution in [2.24, 2.45) is 5.92 Å². The van der Waals surface area contributed by atoms with Gasteiger partial charge in [-0.2, -0.15) is 0 Å². The number of aromatic nitrogens is 2. The molecule has 0 saturated carbocycles. The average Bonchev–Trinajstić information content (AvgIpc) is 2.84. The van der Waals surface area contributed by atoms with E-state index in [0.717, 1.165) is 55.2 Å². The number of aryl methyl sites for hydroxylation is 2. The number of hydrogen-bond acceptors (Lipinski definition) is 4. The highest BCUT2D eigenvalue weighted by atomic mass is 35.5. The second-order valence-electron chi connectivity index (χ2n) is 9.44. The van der Waals surface area contributed by atoms with Crippen molar-refractivity contribution in [1.82, 2.24) is 9.55 Å². The molecule has 5 nitrogen and oxygen atoms in total. The number of nitrogens with zero attached hydrogens (tertiary/aromatic N) is 3. The first-order chi connectivity index (χ1) is 16.9. The Morgan fingerprint density at radius 2 is 1.71 bits per heavy atom. The van der Waals surface area contributed by atoms with E-state index in [1.165, 1.54) is 16.3 Å². The first-order valence-corrected chi connectivity index (χ1v) is 12.5. The highest BCUT2D eigenvalue weighted by Gasteiger charge is 2.22. The van der Waals surface area contributed by atoms with Crippen LogP contribution in [0, 0.1) is 19.8 Å². The standard InChI is InChI=1S/C29H30ClN3O2/c1-19-14-29(34)33(20(2)31-19)25-7-9-28(27(30)18-25)32-12-10-21(11-13-32)15-22-4-5-24-17-26(35-3)8-6-23(24)16-22/h4-9,14,16-18,21H,10-13,15H2,1-3H3. The fraction of sp³-hybridized carbons (Fsp3) is 0.310. The van der Waals surface area contributed by atoms with Crippen LogP contribution in [0.1, 0.15) is 29.9 Å². The molecule has 2 heterocycles. The molecule has 0 N–H and O–H groups in total. The van der Waals surface area contributed by atoms with Crippen LogP contribution >= 0.6 is 11.6 Å². The van der Waals surface area contributed by atoms with Gasteiger partial charge in [0.05, 0.1) is 23.5 Å². The van der Waals surface area contributed by atoms with Crippen LogP contribution in [0.15, 0.2) is 65.5 Å². The van der Waals surface area contributed by atoms with Crippen LogP contribution in [0.2, 0.25) is 5.02 Å². The summed E-state index contributed by atoms with van der Waals surface area (Å²) in [5, 5.41) is 3.13. The maximum atomic E-state index is 12.5. The number of hydrogen-bond donors (Lipinski definition) is 0. The van der Waals surface area contributed by atoms with Crippen LogP contribution in [0.25, 0.3) is 16.5 Å². The zero-order valence-corrected chi connectivity index (χ0v) is 21.2. The number of rotatable bonds is 5. The van der Waals surface area contributed by atoms with Gasteiger partial charge in [0.25, 0.3) is 5.56 Å². The average molecular weight is 488 g/mol. The highest BCUT2D eigenvalue weighted by molar-refractivity contribution is 6.33. The number of fused-ring (bicyclic) bond motifs is 1. The van der Waals surface area contributed by atoms with Crippen LogP contribution in [0.4, 0.5) is 5.69 Å². The van der Waals surface area contributed by atoms with Gasteiger partial charge < -0.3 is 9.64 Å². The molecule has 4 aromatic rings. The predicted molar refractivity (Wildman–Crippen MR) is 143 cm³/mol. The minimum Gasteiger partial charge on any atom is -0.497 e. The Bertz CT molecular complexity index is 1440. The van der Waals surface area contributed by atoms with E-state index in [1.807, 2.05) is 38.1 Å². The highest BCUT2D eigenvalue weighted by Crippen LogP contribution is 2.33. The number of ether oxygens (including phenoxy) is 1. The molecule has 0 spiro atoms. The molecule has 3 aromatic carbocycles. The van der Waals surface area contributed by atoms with Crippen LogP contribution in [-0.2, 0) is 6.42 Å². The Labute approximate surface area is 210 Å². The summed E-state index contributed by atoms with van der Waals surface area (Å²) in [6.07, 6.45) is 3.34. The van der Waals surface area contributed by atoms with Crippen molar-refractivity contribution < 1.29 is 4.74 Å². The molecule has 1 aliphatic rings. The molecule has 0 radical (unpaired) electrons. The maximum Gasteiger partial charge on any atom is 0.258 e. The molecule has 1 aromatic heterocycles. The number of halogens is 1. The number of benzene rings is 3. The summed E-state index contributed by atoms with van der Waals surface area (Å²) in [4.78, 5) is 19.3. The summed E-state index contributed by atoms with van der Waals surface area (Å²) in [5.41, 5.74) is 3.79. The number of piperidine rings is 1. The van der Waals surface area contributed by atoms with E-state index in [4.69, 9.17) is 16.3 Å². The van der Waals surface area contributed by atoms with Crippen molar-refractivity contribution in [2.45, 2.75) is 33.1 Å². The summed E-state index contributed by atoms with van der Waals surface area (Å²) in [6, 6.07) is 20.4. The Hall–Kier alpha value is -3.31. The smallest absolute Gasteiger partial charge is 0.258 e. The van der Waals surface area contributed by atoms with Crippen molar-refractivity contribution in [3.05, 3.63) is 93.1 Å². The zero-order valence-electron chi connectivity index (χ0n) is 20.4. The lowest BCUT2D eigenvalue weighted by Gasteiger charge is -2.34. The topological polar surface area (TPSA) is 47.4 Å². The molecular weight excluding hydrogens is 458 g/mol. The third-order valence-corrected chi connectivity index (χ3v) is 7.30. The lowest BCUT2D eigenvalue weighted by Crippen LogP contribution is -2.34. The number of anilines is 1. The predicted octanol–water partition coefficient (Wildman–Crippen LogP) is 6.12. The molecule has 1 fully saturated rings. The third-order valence-electron chi connectivity index (χ3n) is 7.00. The second kappa shape index (κ2) is 9.74. The third kappa shape index (κ3) is 4.92. The van der Waals surface area contributed by atoms with Crippen LogP contribution in [0.5, 0.6) is 5.75 Å². The first kappa shape index (κ1) is 23.4. The van der Waals surface area contributed by atoms with E-state index in [0.29, 0.717) is 16.8 Å². The monoisotopic (exact) mass is 487 g/mol. The Balaban J connectivity index is 1.26. The van der Waals surface area contributed by atoms with Gasteiger partial charge in [-0.3, -0.25) is 9.36 Å². The van der Waals surface area contributed by atoms with Crippen molar-refractivity contribution >= 4 is 28.1 Å².